The van der Waals surface area contributed by atoms with Gasteiger partial charge in [-0.05, 0) is 107 Å². The van der Waals surface area contributed by atoms with Crippen LogP contribution < -0.4 is 31.5 Å². The molecule has 2 aromatic carbocycles. The number of nitrogens with zero attached hydrogens (tertiary/aromatic N) is 7. The van der Waals surface area contributed by atoms with E-state index in [-0.39, 0.29) is 66.1 Å². The summed E-state index contributed by atoms with van der Waals surface area (Å²) in [6.07, 6.45) is 6.34. The first-order valence-corrected chi connectivity index (χ1v) is 25.0. The minimum Gasteiger partial charge on any atom is -0.444 e. The molecule has 0 spiro atoms. The second-order valence-corrected chi connectivity index (χ2v) is 19.6. The summed E-state index contributed by atoms with van der Waals surface area (Å²) in [7, 11) is 1.53. The van der Waals surface area contributed by atoms with Gasteiger partial charge in [0.1, 0.15) is 16.7 Å². The second-order valence-electron chi connectivity index (χ2n) is 19.2. The van der Waals surface area contributed by atoms with Crippen LogP contribution in [0.5, 0.6) is 0 Å². The highest BCUT2D eigenvalue weighted by Gasteiger charge is 2.40. The molecule has 0 radical (unpaired) electrons. The van der Waals surface area contributed by atoms with Crippen molar-refractivity contribution in [3.8, 4) is 11.8 Å². The largest absolute Gasteiger partial charge is 0.444 e. The molecule has 1 atom stereocenters. The summed E-state index contributed by atoms with van der Waals surface area (Å²) in [5, 5.41) is 14.7. The van der Waals surface area contributed by atoms with Gasteiger partial charge in [-0.15, -0.1) is 0 Å². The number of rotatable bonds is 14. The monoisotopic (exact) mass is 1020 g/mol. The lowest BCUT2D eigenvalue weighted by molar-refractivity contribution is -0.136. The molecule has 384 valence electrons. The van der Waals surface area contributed by atoms with E-state index < -0.39 is 23.6 Å². The first-order valence-electron chi connectivity index (χ1n) is 24.6. The molecule has 4 aromatic rings. The lowest BCUT2D eigenvalue weighted by atomic mass is 9.90. The number of piperidine rings is 1. The Balaban J connectivity index is 0.762. The molecule has 1 unspecified atom stereocenters. The summed E-state index contributed by atoms with van der Waals surface area (Å²) in [4.78, 5) is 97.0. The molecule has 3 aliphatic heterocycles. The van der Waals surface area contributed by atoms with E-state index in [0.717, 1.165) is 16.9 Å². The molecule has 3 fully saturated rings. The Hall–Kier alpha value is -7.50. The second kappa shape index (κ2) is 23.4. The standard InChI is InChI=1S/C52H61ClN12O8/c1-52(2,3)73-51(71)64(28-30-72-29-6-5-9-33-10-7-11-38-39(33)32-65(48(38)69)42-21-22-43(66)60-46(42)67)37-19-15-35(16-20-37)58-50(70)63-26-24-62(25-27-63)36-17-13-34(14-18-36)57-49-56-31-40(53)45(61-49)59-41-12-8-23-55-44(41)47(68)54-4/h7-8,10-14,17-18,23,31,35,37,42H,6,15-16,19-22,24-30,32H2,1-4H3,(H,54,68)(H,58,70)(H,60,66,67)(H2,56,57,59,61)/t35-,37-,42?. The maximum atomic E-state index is 13.5. The van der Waals surface area contributed by atoms with Crippen molar-refractivity contribution in [3.05, 3.63) is 94.4 Å². The molecule has 1 saturated carbocycles. The van der Waals surface area contributed by atoms with Crippen LogP contribution >= 0.6 is 11.6 Å². The molecule has 2 saturated heterocycles. The van der Waals surface area contributed by atoms with Crippen LogP contribution in [0.4, 0.5) is 38.4 Å². The van der Waals surface area contributed by atoms with E-state index in [9.17, 15) is 28.8 Å². The van der Waals surface area contributed by atoms with E-state index in [1.54, 1.807) is 29.2 Å². The number of ether oxygens (including phenoxy) is 2. The van der Waals surface area contributed by atoms with Crippen LogP contribution in [0, 0.1) is 11.8 Å². The van der Waals surface area contributed by atoms with E-state index in [1.165, 1.54) is 24.3 Å². The first-order chi connectivity index (χ1) is 35.1. The van der Waals surface area contributed by atoms with Gasteiger partial charge in [-0.25, -0.2) is 19.6 Å². The zero-order chi connectivity index (χ0) is 51.6. The molecule has 2 aromatic heterocycles. The topological polar surface area (TPSA) is 233 Å². The maximum Gasteiger partial charge on any atom is 0.410 e. The molecule has 8 rings (SSSR count). The van der Waals surface area contributed by atoms with E-state index in [2.05, 4.69) is 58.3 Å². The number of carbonyl (C=O) groups excluding carboxylic acids is 6. The molecule has 0 bridgehead atoms. The van der Waals surface area contributed by atoms with Gasteiger partial charge in [0.05, 0.1) is 25.1 Å². The zero-order valence-electron chi connectivity index (χ0n) is 41.5. The van der Waals surface area contributed by atoms with Crippen LogP contribution in [-0.2, 0) is 25.6 Å². The molecule has 4 aliphatic rings. The van der Waals surface area contributed by atoms with Gasteiger partial charge in [-0.1, -0.05) is 29.5 Å². The Morgan fingerprint density at radius 3 is 2.41 bits per heavy atom. The summed E-state index contributed by atoms with van der Waals surface area (Å²) in [5.74, 6) is 5.54. The fourth-order valence-corrected chi connectivity index (χ4v) is 9.43. The third-order valence-electron chi connectivity index (χ3n) is 13.0. The summed E-state index contributed by atoms with van der Waals surface area (Å²) in [5.41, 5.74) is 3.73. The number of carbonyl (C=O) groups is 6. The van der Waals surface area contributed by atoms with Gasteiger partial charge < -0.3 is 50.3 Å². The number of nitrogens with one attached hydrogen (secondary N) is 5. The highest BCUT2D eigenvalue weighted by molar-refractivity contribution is 6.33. The minimum atomic E-state index is -0.695. The lowest BCUT2D eigenvalue weighted by Gasteiger charge is -2.39. The Bertz CT molecular complexity index is 2760. The number of fused-ring (bicyclic) bond motifs is 1. The summed E-state index contributed by atoms with van der Waals surface area (Å²) < 4.78 is 11.8. The van der Waals surface area contributed by atoms with Crippen molar-refractivity contribution in [2.75, 3.05) is 68.5 Å². The van der Waals surface area contributed by atoms with Crippen molar-refractivity contribution < 1.29 is 38.2 Å². The Kier molecular flexibility index (Phi) is 16.6. The van der Waals surface area contributed by atoms with Gasteiger partial charge in [0.25, 0.3) is 11.8 Å². The number of pyridine rings is 1. The SMILES string of the molecule is CNC(=O)c1ncccc1Nc1nc(Nc2ccc(N3CCN(C(=O)N[C@H]4CC[C@H](N(CCOCCC#Cc5cccc6c5CN(C5CCC(=O)NC5=O)C6=O)C(=O)OC(C)(C)C)CC4)CC3)cc2)ncc1Cl. The number of imide groups is 1. The zero-order valence-corrected chi connectivity index (χ0v) is 42.2. The van der Waals surface area contributed by atoms with Crippen molar-refractivity contribution >= 4 is 76.2 Å². The van der Waals surface area contributed by atoms with Crippen LogP contribution in [0.15, 0.2) is 67.0 Å². The number of aromatic nitrogens is 3. The Morgan fingerprint density at radius 1 is 0.918 bits per heavy atom. The van der Waals surface area contributed by atoms with Crippen molar-refractivity contribution in [1.82, 2.24) is 45.6 Å². The van der Waals surface area contributed by atoms with Crippen molar-refractivity contribution in [1.29, 1.82) is 0 Å². The number of amides is 7. The smallest absolute Gasteiger partial charge is 0.410 e. The van der Waals surface area contributed by atoms with Gasteiger partial charge in [-0.3, -0.25) is 24.5 Å². The summed E-state index contributed by atoms with van der Waals surface area (Å²) in [6, 6.07) is 15.8. The first kappa shape index (κ1) is 51.8. The van der Waals surface area contributed by atoms with Crippen LogP contribution in [0.2, 0.25) is 5.02 Å². The molecule has 1 aliphatic carbocycles. The molecular formula is C52H61ClN12O8. The average molecular weight is 1020 g/mol. The van der Waals surface area contributed by atoms with Gasteiger partial charge in [0, 0.05) is 99.9 Å². The normalized spacial score (nSPS) is 18.7. The minimum absolute atomic E-state index is 0.0199. The van der Waals surface area contributed by atoms with Gasteiger partial charge >= 0.3 is 12.1 Å². The molecule has 5 heterocycles. The van der Waals surface area contributed by atoms with Crippen LogP contribution in [-0.4, -0.2) is 142 Å². The van der Waals surface area contributed by atoms with Gasteiger partial charge in [0.15, 0.2) is 11.5 Å². The molecule has 20 nitrogen and oxygen atoms in total. The quantitative estimate of drug-likeness (QED) is 0.0557. The predicted molar refractivity (Wildman–Crippen MR) is 274 cm³/mol. The van der Waals surface area contributed by atoms with Crippen molar-refractivity contribution in [2.45, 2.75) is 96.0 Å². The molecule has 7 amide bonds. The van der Waals surface area contributed by atoms with Gasteiger partial charge in [0.2, 0.25) is 17.8 Å². The van der Waals surface area contributed by atoms with Crippen LogP contribution in [0.25, 0.3) is 0 Å². The number of benzene rings is 2. The Labute approximate surface area is 429 Å². The summed E-state index contributed by atoms with van der Waals surface area (Å²) in [6.45, 7) is 9.19. The van der Waals surface area contributed by atoms with E-state index in [4.69, 9.17) is 21.1 Å². The number of anilines is 5. The maximum absolute atomic E-state index is 13.5. The highest BCUT2D eigenvalue weighted by atomic mass is 35.5. The molecular weight excluding hydrogens is 956 g/mol. The molecule has 73 heavy (non-hydrogen) atoms. The number of urea groups is 1. The van der Waals surface area contributed by atoms with E-state index in [0.29, 0.717) is 106 Å². The lowest BCUT2D eigenvalue weighted by Crippen LogP contribution is -2.54. The van der Waals surface area contributed by atoms with Crippen molar-refractivity contribution in [3.63, 3.8) is 0 Å². The number of halogens is 1. The van der Waals surface area contributed by atoms with Crippen molar-refractivity contribution in [2.24, 2.45) is 0 Å². The summed E-state index contributed by atoms with van der Waals surface area (Å²) >= 11 is 6.40. The molecule has 5 N–H and O–H groups in total. The fraction of sp³-hybridized carbons (Fsp3) is 0.442. The Morgan fingerprint density at radius 2 is 1.68 bits per heavy atom. The number of hydrogen-bond acceptors (Lipinski definition) is 14. The van der Waals surface area contributed by atoms with Gasteiger partial charge in [-0.2, -0.15) is 4.98 Å². The van der Waals surface area contributed by atoms with E-state index >= 15 is 0 Å². The molecule has 21 heteroatoms. The highest BCUT2D eigenvalue weighted by Crippen LogP contribution is 2.31. The number of piperazine rings is 1. The average Bonchev–Trinajstić information content (AvgIpc) is 3.71. The number of hydrogen-bond donors (Lipinski definition) is 5. The van der Waals surface area contributed by atoms with Crippen LogP contribution in [0.1, 0.15) is 97.7 Å². The van der Waals surface area contributed by atoms with E-state index in [1.807, 2.05) is 56.0 Å². The third-order valence-corrected chi connectivity index (χ3v) is 13.3. The fourth-order valence-electron chi connectivity index (χ4n) is 9.29. The third kappa shape index (κ3) is 13.1. The van der Waals surface area contributed by atoms with Crippen LogP contribution in [0.3, 0.4) is 0 Å². The predicted octanol–water partition coefficient (Wildman–Crippen LogP) is 5.97.